The van der Waals surface area contributed by atoms with Gasteiger partial charge in [0.15, 0.2) is 0 Å². The third-order valence-electron chi connectivity index (χ3n) is 5.11. The normalized spacial score (nSPS) is 20.9. The van der Waals surface area contributed by atoms with Gasteiger partial charge in [0.25, 0.3) is 0 Å². The molecule has 3 N–H and O–H groups in total. The van der Waals surface area contributed by atoms with Crippen LogP contribution in [-0.4, -0.2) is 19.9 Å². The maximum atomic E-state index is 12.2. The van der Waals surface area contributed by atoms with E-state index in [4.69, 9.17) is 5.73 Å². The lowest BCUT2D eigenvalue weighted by Gasteiger charge is -2.08. The highest BCUT2D eigenvalue weighted by Crippen LogP contribution is 2.67. The first-order valence-electron chi connectivity index (χ1n) is 6.77. The third kappa shape index (κ3) is 2.47. The number of pyridine rings is 1. The number of hydrogen-bond acceptors (Lipinski definition) is 4. The van der Waals surface area contributed by atoms with Gasteiger partial charge in [0.1, 0.15) is 4.90 Å². The van der Waals surface area contributed by atoms with Crippen LogP contribution in [0.1, 0.15) is 33.4 Å². The molecule has 0 aromatic carbocycles. The zero-order valence-electron chi connectivity index (χ0n) is 12.5. The van der Waals surface area contributed by atoms with Crippen LogP contribution in [0.3, 0.4) is 0 Å². The van der Waals surface area contributed by atoms with E-state index in [1.807, 2.05) is 0 Å². The van der Waals surface area contributed by atoms with Crippen molar-refractivity contribution in [1.29, 1.82) is 0 Å². The van der Waals surface area contributed by atoms with E-state index in [-0.39, 0.29) is 15.7 Å². The zero-order valence-corrected chi connectivity index (χ0v) is 13.3. The minimum Gasteiger partial charge on any atom is -0.325 e. The molecule has 1 aliphatic rings. The molecule has 1 aromatic heterocycles. The van der Waals surface area contributed by atoms with E-state index >= 15 is 0 Å². The smallest absolute Gasteiger partial charge is 0.242 e. The van der Waals surface area contributed by atoms with Gasteiger partial charge in [0.2, 0.25) is 10.0 Å². The summed E-state index contributed by atoms with van der Waals surface area (Å²) in [6.45, 7) is 9.44. The Labute approximate surface area is 121 Å². The van der Waals surface area contributed by atoms with Gasteiger partial charge in [-0.25, -0.2) is 13.1 Å². The maximum absolute atomic E-state index is 12.2. The van der Waals surface area contributed by atoms with Gasteiger partial charge in [-0.15, -0.1) is 0 Å². The van der Waals surface area contributed by atoms with Crippen LogP contribution in [0.15, 0.2) is 23.2 Å². The van der Waals surface area contributed by atoms with Gasteiger partial charge in [-0.3, -0.25) is 4.98 Å². The van der Waals surface area contributed by atoms with Gasteiger partial charge in [-0.05, 0) is 28.9 Å². The standard InChI is InChI=1S/C14H23N3O2S/c1-13(2)12(14(13,3)4)9-17-20(18,19)11-6-5-10(7-15)16-8-11/h5-6,8,12,17H,7,9,15H2,1-4H3. The first kappa shape index (κ1) is 15.4. The lowest BCUT2D eigenvalue weighted by molar-refractivity contribution is 0.457. The summed E-state index contributed by atoms with van der Waals surface area (Å²) in [7, 11) is -3.49. The lowest BCUT2D eigenvalue weighted by Crippen LogP contribution is -2.27. The summed E-state index contributed by atoms with van der Waals surface area (Å²) in [5, 5.41) is 0. The maximum Gasteiger partial charge on any atom is 0.242 e. The van der Waals surface area contributed by atoms with Gasteiger partial charge >= 0.3 is 0 Å². The second kappa shape index (κ2) is 4.79. The van der Waals surface area contributed by atoms with E-state index in [2.05, 4.69) is 37.4 Å². The van der Waals surface area contributed by atoms with Crippen molar-refractivity contribution in [2.75, 3.05) is 6.54 Å². The molecular weight excluding hydrogens is 274 g/mol. The number of nitrogens with one attached hydrogen (secondary N) is 1. The van der Waals surface area contributed by atoms with E-state index in [1.165, 1.54) is 6.20 Å². The highest BCUT2D eigenvalue weighted by molar-refractivity contribution is 7.89. The average molecular weight is 297 g/mol. The van der Waals surface area contributed by atoms with Crippen molar-refractivity contribution < 1.29 is 8.42 Å². The Morgan fingerprint density at radius 1 is 1.25 bits per heavy atom. The summed E-state index contributed by atoms with van der Waals surface area (Å²) < 4.78 is 27.1. The van der Waals surface area contributed by atoms with Crippen LogP contribution in [0.5, 0.6) is 0 Å². The van der Waals surface area contributed by atoms with Gasteiger partial charge in [0, 0.05) is 19.3 Å². The fourth-order valence-electron chi connectivity index (χ4n) is 2.81. The molecule has 1 saturated carbocycles. The van der Waals surface area contributed by atoms with Crippen molar-refractivity contribution in [2.45, 2.75) is 39.1 Å². The molecule has 0 atom stereocenters. The highest BCUT2D eigenvalue weighted by atomic mass is 32.2. The Kier molecular flexibility index (Phi) is 3.69. The molecule has 1 heterocycles. The topological polar surface area (TPSA) is 85.1 Å². The number of nitrogens with zero attached hydrogens (tertiary/aromatic N) is 1. The minimum atomic E-state index is -3.49. The molecule has 0 spiro atoms. The Bertz CT molecular complexity index is 577. The highest BCUT2D eigenvalue weighted by Gasteiger charge is 2.64. The molecular formula is C14H23N3O2S. The fourth-order valence-corrected chi connectivity index (χ4v) is 3.80. The Balaban J connectivity index is 2.05. The number of aromatic nitrogens is 1. The monoisotopic (exact) mass is 297 g/mol. The molecule has 1 fully saturated rings. The lowest BCUT2D eigenvalue weighted by atomic mass is 10.0. The average Bonchev–Trinajstić information content (AvgIpc) is 2.77. The number of rotatable bonds is 5. The Hall–Kier alpha value is -0.980. The van der Waals surface area contributed by atoms with Crippen LogP contribution in [0.25, 0.3) is 0 Å². The molecule has 1 aliphatic carbocycles. The van der Waals surface area contributed by atoms with Gasteiger partial charge in [0.05, 0.1) is 5.69 Å². The minimum absolute atomic E-state index is 0.164. The van der Waals surface area contributed by atoms with Gasteiger partial charge in [-0.2, -0.15) is 0 Å². The predicted molar refractivity (Wildman–Crippen MR) is 78.4 cm³/mol. The van der Waals surface area contributed by atoms with Crippen molar-refractivity contribution in [3.8, 4) is 0 Å². The van der Waals surface area contributed by atoms with E-state index in [9.17, 15) is 8.42 Å². The number of sulfonamides is 1. The van der Waals surface area contributed by atoms with Gasteiger partial charge < -0.3 is 5.73 Å². The quantitative estimate of drug-likeness (QED) is 0.862. The first-order valence-corrected chi connectivity index (χ1v) is 8.26. The summed E-state index contributed by atoms with van der Waals surface area (Å²) in [5.41, 5.74) is 6.45. The van der Waals surface area contributed by atoms with Crippen LogP contribution in [0.4, 0.5) is 0 Å². The van der Waals surface area contributed by atoms with Crippen LogP contribution >= 0.6 is 0 Å². The molecule has 0 saturated heterocycles. The summed E-state index contributed by atoms with van der Waals surface area (Å²) >= 11 is 0. The van der Waals surface area contributed by atoms with Crippen molar-refractivity contribution in [2.24, 2.45) is 22.5 Å². The zero-order chi connectivity index (χ0) is 15.2. The molecule has 5 nitrogen and oxygen atoms in total. The van der Waals surface area contributed by atoms with Crippen LogP contribution in [-0.2, 0) is 16.6 Å². The van der Waals surface area contributed by atoms with Crippen molar-refractivity contribution in [3.05, 3.63) is 24.0 Å². The van der Waals surface area contributed by atoms with Crippen LogP contribution in [0, 0.1) is 16.7 Å². The SMILES string of the molecule is CC1(C)C(CNS(=O)(=O)c2ccc(CN)nc2)C1(C)C. The van der Waals surface area contributed by atoms with E-state index in [0.717, 1.165) is 0 Å². The van der Waals surface area contributed by atoms with E-state index in [1.54, 1.807) is 12.1 Å². The summed E-state index contributed by atoms with van der Waals surface area (Å²) in [6, 6.07) is 3.18. The molecule has 0 bridgehead atoms. The Morgan fingerprint density at radius 2 is 1.85 bits per heavy atom. The molecule has 1 aromatic rings. The summed E-state index contributed by atoms with van der Waals surface area (Å²) in [6.07, 6.45) is 1.35. The molecule has 0 radical (unpaired) electrons. The predicted octanol–water partition coefficient (Wildman–Crippen LogP) is 1.50. The summed E-state index contributed by atoms with van der Waals surface area (Å²) in [4.78, 5) is 4.21. The van der Waals surface area contributed by atoms with Crippen molar-refractivity contribution >= 4 is 10.0 Å². The van der Waals surface area contributed by atoms with Gasteiger partial charge in [-0.1, -0.05) is 27.7 Å². The van der Waals surface area contributed by atoms with Crippen molar-refractivity contribution in [3.63, 3.8) is 0 Å². The van der Waals surface area contributed by atoms with Crippen LogP contribution in [0.2, 0.25) is 0 Å². The van der Waals surface area contributed by atoms with Crippen LogP contribution < -0.4 is 10.5 Å². The molecule has 0 unspecified atom stereocenters. The third-order valence-corrected chi connectivity index (χ3v) is 6.52. The largest absolute Gasteiger partial charge is 0.325 e. The number of nitrogens with two attached hydrogens (primary N) is 1. The van der Waals surface area contributed by atoms with E-state index in [0.29, 0.717) is 24.7 Å². The molecule has 0 amide bonds. The summed E-state index contributed by atoms with van der Waals surface area (Å²) in [5.74, 6) is 0.348. The molecule has 112 valence electrons. The van der Waals surface area contributed by atoms with E-state index < -0.39 is 10.0 Å². The van der Waals surface area contributed by atoms with Crippen molar-refractivity contribution in [1.82, 2.24) is 9.71 Å². The molecule has 0 aliphatic heterocycles. The Morgan fingerprint density at radius 3 is 2.25 bits per heavy atom. The number of hydrogen-bond donors (Lipinski definition) is 2. The molecule has 6 heteroatoms. The fraction of sp³-hybridized carbons (Fsp3) is 0.643. The first-order chi connectivity index (χ1) is 9.13. The second-order valence-electron chi connectivity index (χ2n) is 6.54. The molecule has 2 rings (SSSR count). The molecule has 20 heavy (non-hydrogen) atoms. The second-order valence-corrected chi connectivity index (χ2v) is 8.30.